The standard InChI is InChI=1S/C23H39N5O.HI/c1-4-20-8-5-6-13-27(20)15-12-25-23(24-2)26-17-19-11-14-28(18-19)21-9-7-10-22(16-21)29-3;/h7,9-10,16,19-20H,4-6,8,11-15,17-18H2,1-3H3,(H2,24,25,26);1H. The van der Waals surface area contributed by atoms with E-state index >= 15 is 0 Å². The van der Waals surface area contributed by atoms with E-state index in [0.717, 1.165) is 50.5 Å². The highest BCUT2D eigenvalue weighted by Crippen LogP contribution is 2.26. The second-order valence-electron chi connectivity index (χ2n) is 8.28. The second-order valence-corrected chi connectivity index (χ2v) is 8.28. The molecule has 0 bridgehead atoms. The molecule has 0 saturated carbocycles. The lowest BCUT2D eigenvalue weighted by molar-refractivity contribution is 0.147. The van der Waals surface area contributed by atoms with Crippen molar-refractivity contribution in [2.45, 2.75) is 45.1 Å². The molecule has 170 valence electrons. The van der Waals surface area contributed by atoms with Gasteiger partial charge in [0.15, 0.2) is 5.96 Å². The lowest BCUT2D eigenvalue weighted by Gasteiger charge is -2.35. The number of likely N-dealkylation sites (tertiary alicyclic amines) is 1. The van der Waals surface area contributed by atoms with E-state index in [1.165, 1.54) is 44.3 Å². The molecule has 3 rings (SSSR count). The normalized spacial score (nSPS) is 22.5. The van der Waals surface area contributed by atoms with Gasteiger partial charge in [-0.3, -0.25) is 9.89 Å². The Labute approximate surface area is 199 Å². The Kier molecular flexibility index (Phi) is 11.1. The molecule has 0 radical (unpaired) electrons. The minimum Gasteiger partial charge on any atom is -0.497 e. The molecule has 2 N–H and O–H groups in total. The summed E-state index contributed by atoms with van der Waals surface area (Å²) in [7, 11) is 3.59. The number of nitrogens with zero attached hydrogens (tertiary/aromatic N) is 3. The lowest BCUT2D eigenvalue weighted by Crippen LogP contribution is -2.46. The van der Waals surface area contributed by atoms with Gasteiger partial charge in [-0.25, -0.2) is 0 Å². The largest absolute Gasteiger partial charge is 0.497 e. The number of benzene rings is 1. The Balaban J connectivity index is 0.00000320. The topological polar surface area (TPSA) is 52.1 Å². The first kappa shape index (κ1) is 25.0. The molecule has 0 aliphatic carbocycles. The summed E-state index contributed by atoms with van der Waals surface area (Å²) in [5.41, 5.74) is 1.25. The third-order valence-electron chi connectivity index (χ3n) is 6.40. The number of rotatable bonds is 8. The van der Waals surface area contributed by atoms with E-state index in [4.69, 9.17) is 4.74 Å². The van der Waals surface area contributed by atoms with Crippen LogP contribution < -0.4 is 20.3 Å². The minimum atomic E-state index is 0. The Morgan fingerprint density at radius 1 is 1.20 bits per heavy atom. The van der Waals surface area contributed by atoms with Gasteiger partial charge >= 0.3 is 0 Å². The van der Waals surface area contributed by atoms with Crippen LogP contribution in [0.2, 0.25) is 0 Å². The van der Waals surface area contributed by atoms with Crippen LogP contribution in [-0.4, -0.2) is 70.3 Å². The molecular formula is C23H40IN5O. The van der Waals surface area contributed by atoms with E-state index in [0.29, 0.717) is 5.92 Å². The van der Waals surface area contributed by atoms with Crippen molar-refractivity contribution in [3.05, 3.63) is 24.3 Å². The molecule has 2 unspecified atom stereocenters. The summed E-state index contributed by atoms with van der Waals surface area (Å²) in [6.07, 6.45) is 6.55. The number of aliphatic imine (C=N–C) groups is 1. The molecular weight excluding hydrogens is 489 g/mol. The van der Waals surface area contributed by atoms with Crippen molar-refractivity contribution in [2.24, 2.45) is 10.9 Å². The van der Waals surface area contributed by atoms with E-state index in [2.05, 4.69) is 50.5 Å². The number of hydrogen-bond acceptors (Lipinski definition) is 4. The second kappa shape index (κ2) is 13.2. The van der Waals surface area contributed by atoms with Crippen LogP contribution >= 0.6 is 24.0 Å². The summed E-state index contributed by atoms with van der Waals surface area (Å²) in [5.74, 6) is 2.48. The van der Waals surface area contributed by atoms with E-state index in [1.54, 1.807) is 7.11 Å². The monoisotopic (exact) mass is 529 g/mol. The van der Waals surface area contributed by atoms with E-state index in [-0.39, 0.29) is 24.0 Å². The van der Waals surface area contributed by atoms with Gasteiger partial charge in [-0.2, -0.15) is 0 Å². The highest BCUT2D eigenvalue weighted by molar-refractivity contribution is 14.0. The van der Waals surface area contributed by atoms with Crippen LogP contribution in [-0.2, 0) is 0 Å². The highest BCUT2D eigenvalue weighted by Gasteiger charge is 2.23. The molecule has 2 fully saturated rings. The van der Waals surface area contributed by atoms with Crippen molar-refractivity contribution in [3.63, 3.8) is 0 Å². The van der Waals surface area contributed by atoms with Gasteiger partial charge in [0.25, 0.3) is 0 Å². The fraction of sp³-hybridized carbons (Fsp3) is 0.696. The number of ether oxygens (including phenoxy) is 1. The SMILES string of the molecule is CCC1CCCCN1CCNC(=NC)NCC1CCN(c2cccc(OC)c2)C1.I. The van der Waals surface area contributed by atoms with Crippen LogP contribution in [0.4, 0.5) is 5.69 Å². The quantitative estimate of drug-likeness (QED) is 0.307. The fourth-order valence-electron chi connectivity index (χ4n) is 4.64. The molecule has 2 aliphatic heterocycles. The van der Waals surface area contributed by atoms with Gasteiger partial charge in [0.05, 0.1) is 7.11 Å². The van der Waals surface area contributed by atoms with E-state index in [1.807, 2.05) is 13.1 Å². The summed E-state index contributed by atoms with van der Waals surface area (Å²) in [4.78, 5) is 9.51. The van der Waals surface area contributed by atoms with E-state index in [9.17, 15) is 0 Å². The van der Waals surface area contributed by atoms with Crippen molar-refractivity contribution >= 4 is 35.6 Å². The Hall–Kier alpha value is -1.22. The zero-order valence-corrected chi connectivity index (χ0v) is 21.2. The highest BCUT2D eigenvalue weighted by atomic mass is 127. The summed E-state index contributed by atoms with van der Waals surface area (Å²) in [6.45, 7) is 8.74. The summed E-state index contributed by atoms with van der Waals surface area (Å²) < 4.78 is 5.36. The van der Waals surface area contributed by atoms with Gasteiger partial charge < -0.3 is 20.3 Å². The van der Waals surface area contributed by atoms with Gasteiger partial charge in [-0.15, -0.1) is 24.0 Å². The van der Waals surface area contributed by atoms with Crippen LogP contribution in [0.15, 0.2) is 29.3 Å². The molecule has 6 nitrogen and oxygen atoms in total. The predicted octanol–water partition coefficient (Wildman–Crippen LogP) is 3.57. The number of piperidine rings is 1. The van der Waals surface area contributed by atoms with Crippen LogP contribution in [0.1, 0.15) is 39.0 Å². The maximum atomic E-state index is 5.36. The number of guanidine groups is 1. The van der Waals surface area contributed by atoms with Gasteiger partial charge in [0, 0.05) is 57.6 Å². The molecule has 2 aliphatic rings. The van der Waals surface area contributed by atoms with Gasteiger partial charge in [0.1, 0.15) is 5.75 Å². The minimum absolute atomic E-state index is 0. The number of nitrogens with one attached hydrogen (secondary N) is 2. The Morgan fingerprint density at radius 3 is 2.83 bits per heavy atom. The number of halogens is 1. The van der Waals surface area contributed by atoms with Crippen LogP contribution in [0.25, 0.3) is 0 Å². The maximum Gasteiger partial charge on any atom is 0.191 e. The van der Waals surface area contributed by atoms with Crippen molar-refractivity contribution in [3.8, 4) is 5.75 Å². The molecule has 1 aromatic rings. The molecule has 2 heterocycles. The van der Waals surface area contributed by atoms with Gasteiger partial charge in [-0.05, 0) is 50.3 Å². The zero-order chi connectivity index (χ0) is 20.5. The van der Waals surface area contributed by atoms with E-state index < -0.39 is 0 Å². The summed E-state index contributed by atoms with van der Waals surface area (Å²) in [6, 6.07) is 9.13. The molecule has 1 aromatic carbocycles. The smallest absolute Gasteiger partial charge is 0.191 e. The zero-order valence-electron chi connectivity index (χ0n) is 18.9. The molecule has 0 spiro atoms. The molecule has 2 atom stereocenters. The predicted molar refractivity (Wildman–Crippen MR) is 138 cm³/mol. The molecule has 0 amide bonds. The molecule has 7 heteroatoms. The first-order valence-electron chi connectivity index (χ1n) is 11.3. The lowest BCUT2D eigenvalue weighted by atomic mass is 10.0. The maximum absolute atomic E-state index is 5.36. The Morgan fingerprint density at radius 2 is 2.07 bits per heavy atom. The first-order valence-corrected chi connectivity index (χ1v) is 11.3. The third kappa shape index (κ3) is 7.18. The van der Waals surface area contributed by atoms with Gasteiger partial charge in [0.2, 0.25) is 0 Å². The first-order chi connectivity index (χ1) is 14.2. The summed E-state index contributed by atoms with van der Waals surface area (Å²) in [5, 5.41) is 7.05. The van der Waals surface area contributed by atoms with Crippen molar-refractivity contribution in [1.29, 1.82) is 0 Å². The van der Waals surface area contributed by atoms with Crippen LogP contribution in [0.5, 0.6) is 5.75 Å². The summed E-state index contributed by atoms with van der Waals surface area (Å²) >= 11 is 0. The average Bonchev–Trinajstić information content (AvgIpc) is 3.25. The van der Waals surface area contributed by atoms with Crippen LogP contribution in [0, 0.1) is 5.92 Å². The third-order valence-corrected chi connectivity index (χ3v) is 6.40. The number of methoxy groups -OCH3 is 1. The van der Waals surface area contributed by atoms with Gasteiger partial charge in [-0.1, -0.05) is 19.4 Å². The molecule has 0 aromatic heterocycles. The molecule has 30 heavy (non-hydrogen) atoms. The molecule has 2 saturated heterocycles. The van der Waals surface area contributed by atoms with Crippen molar-refractivity contribution in [1.82, 2.24) is 15.5 Å². The number of hydrogen-bond donors (Lipinski definition) is 2. The fourth-order valence-corrected chi connectivity index (χ4v) is 4.64. The van der Waals surface area contributed by atoms with Crippen LogP contribution in [0.3, 0.4) is 0 Å². The Bertz CT molecular complexity index is 656. The van der Waals surface area contributed by atoms with Crippen molar-refractivity contribution in [2.75, 3.05) is 58.3 Å². The number of anilines is 1. The average molecular weight is 530 g/mol. The van der Waals surface area contributed by atoms with Crippen molar-refractivity contribution < 1.29 is 4.74 Å².